The Kier molecular flexibility index (Phi) is 4.80. The summed E-state index contributed by atoms with van der Waals surface area (Å²) in [5.41, 5.74) is 7.20. The van der Waals surface area contributed by atoms with Crippen molar-refractivity contribution >= 4 is 23.4 Å². The van der Waals surface area contributed by atoms with E-state index in [-0.39, 0.29) is 5.78 Å². The number of carbonyl (C=O) groups is 1. The normalized spacial score (nSPS) is 10.8. The molecule has 1 aromatic rings. The lowest BCUT2D eigenvalue weighted by atomic mass is 10.1. The molecule has 0 saturated heterocycles. The summed E-state index contributed by atoms with van der Waals surface area (Å²) in [6, 6.07) is 1.81. The van der Waals surface area contributed by atoms with Gasteiger partial charge in [-0.2, -0.15) is 11.8 Å². The number of nitrogen functional groups attached to an aromatic ring is 1. The van der Waals surface area contributed by atoms with E-state index in [1.54, 1.807) is 24.0 Å². The number of thioether (sulfide) groups is 1. The minimum absolute atomic E-state index is 0.0688. The standard InChI is InChI=1S/C12H18N2OS/c1-8(2)6-16-7-11(15)10-4-9(3)5-14-12(10)13/h4-5,8H,6-7H2,1-3H3,(H2,13,14). The van der Waals surface area contributed by atoms with E-state index in [2.05, 4.69) is 18.8 Å². The van der Waals surface area contributed by atoms with E-state index in [1.165, 1.54) is 0 Å². The van der Waals surface area contributed by atoms with Crippen molar-refractivity contribution in [3.63, 3.8) is 0 Å². The van der Waals surface area contributed by atoms with Crippen molar-refractivity contribution < 1.29 is 4.79 Å². The monoisotopic (exact) mass is 238 g/mol. The molecule has 1 heterocycles. The number of ketones is 1. The number of aryl methyl sites for hydroxylation is 1. The molecule has 0 fully saturated rings. The maximum atomic E-state index is 11.9. The van der Waals surface area contributed by atoms with Gasteiger partial charge in [0.1, 0.15) is 5.82 Å². The number of aromatic nitrogens is 1. The highest BCUT2D eigenvalue weighted by atomic mass is 32.2. The molecule has 0 unspecified atom stereocenters. The summed E-state index contributed by atoms with van der Waals surface area (Å²) >= 11 is 1.65. The first-order chi connectivity index (χ1) is 7.50. The second-order valence-corrected chi connectivity index (χ2v) is 5.31. The highest BCUT2D eigenvalue weighted by molar-refractivity contribution is 7.99. The van der Waals surface area contributed by atoms with E-state index < -0.39 is 0 Å². The zero-order valence-electron chi connectivity index (χ0n) is 9.99. The van der Waals surface area contributed by atoms with Crippen LogP contribution in [0.1, 0.15) is 29.8 Å². The molecule has 0 aliphatic heterocycles. The molecule has 0 atom stereocenters. The minimum atomic E-state index is 0.0688. The van der Waals surface area contributed by atoms with Crippen molar-refractivity contribution in [2.45, 2.75) is 20.8 Å². The number of nitrogens with zero attached hydrogens (tertiary/aromatic N) is 1. The van der Waals surface area contributed by atoms with Gasteiger partial charge in [0.05, 0.1) is 11.3 Å². The zero-order chi connectivity index (χ0) is 12.1. The third-order valence-corrected chi connectivity index (χ3v) is 3.41. The molecule has 0 saturated carbocycles. The summed E-state index contributed by atoms with van der Waals surface area (Å²) in [7, 11) is 0. The van der Waals surface area contributed by atoms with Gasteiger partial charge in [0, 0.05) is 6.20 Å². The molecule has 0 radical (unpaired) electrons. The fourth-order valence-corrected chi connectivity index (χ4v) is 2.20. The maximum Gasteiger partial charge on any atom is 0.176 e. The quantitative estimate of drug-likeness (QED) is 0.801. The summed E-state index contributed by atoms with van der Waals surface area (Å²) in [6.07, 6.45) is 1.67. The molecular formula is C12H18N2OS. The molecule has 1 aromatic heterocycles. The average molecular weight is 238 g/mol. The Morgan fingerprint density at radius 3 is 2.88 bits per heavy atom. The van der Waals surface area contributed by atoms with Crippen molar-refractivity contribution in [2.75, 3.05) is 17.2 Å². The van der Waals surface area contributed by atoms with Gasteiger partial charge in [-0.05, 0) is 30.2 Å². The summed E-state index contributed by atoms with van der Waals surface area (Å²) in [6.45, 7) is 6.19. The Morgan fingerprint density at radius 1 is 1.56 bits per heavy atom. The van der Waals surface area contributed by atoms with Crippen LogP contribution in [-0.4, -0.2) is 22.3 Å². The van der Waals surface area contributed by atoms with E-state index in [1.807, 2.05) is 6.92 Å². The van der Waals surface area contributed by atoms with Gasteiger partial charge in [-0.1, -0.05) is 13.8 Å². The number of Topliss-reactive ketones (excluding diaryl/α,β-unsaturated/α-hetero) is 1. The number of hydrogen-bond acceptors (Lipinski definition) is 4. The predicted octanol–water partition coefficient (Wildman–Crippen LogP) is 2.54. The van der Waals surface area contributed by atoms with Crippen LogP contribution in [0.5, 0.6) is 0 Å². The molecule has 16 heavy (non-hydrogen) atoms. The first kappa shape index (κ1) is 13.0. The van der Waals surface area contributed by atoms with Crippen molar-refractivity contribution in [1.29, 1.82) is 0 Å². The summed E-state index contributed by atoms with van der Waals surface area (Å²) in [5.74, 6) is 2.48. The molecule has 1 rings (SSSR count). The lowest BCUT2D eigenvalue weighted by molar-refractivity contribution is 0.102. The lowest BCUT2D eigenvalue weighted by Gasteiger charge is -2.06. The molecule has 3 nitrogen and oxygen atoms in total. The van der Waals surface area contributed by atoms with Crippen LogP contribution in [-0.2, 0) is 0 Å². The fraction of sp³-hybridized carbons (Fsp3) is 0.500. The highest BCUT2D eigenvalue weighted by Crippen LogP contribution is 2.15. The topological polar surface area (TPSA) is 56.0 Å². The summed E-state index contributed by atoms with van der Waals surface area (Å²) in [4.78, 5) is 15.8. The SMILES string of the molecule is Cc1cnc(N)c(C(=O)CSCC(C)C)c1. The predicted molar refractivity (Wildman–Crippen MR) is 69.9 cm³/mol. The van der Waals surface area contributed by atoms with Crippen LogP contribution in [0, 0.1) is 12.8 Å². The molecule has 4 heteroatoms. The molecule has 2 N–H and O–H groups in total. The second-order valence-electron chi connectivity index (χ2n) is 4.28. The van der Waals surface area contributed by atoms with Gasteiger partial charge in [-0.3, -0.25) is 4.79 Å². The van der Waals surface area contributed by atoms with Crippen LogP contribution in [0.3, 0.4) is 0 Å². The van der Waals surface area contributed by atoms with Crippen molar-refractivity contribution in [1.82, 2.24) is 4.98 Å². The first-order valence-corrected chi connectivity index (χ1v) is 6.49. The largest absolute Gasteiger partial charge is 0.383 e. The first-order valence-electron chi connectivity index (χ1n) is 5.33. The van der Waals surface area contributed by atoms with Gasteiger partial charge < -0.3 is 5.73 Å². The third kappa shape index (κ3) is 3.85. The smallest absolute Gasteiger partial charge is 0.176 e. The number of pyridine rings is 1. The van der Waals surface area contributed by atoms with Crippen LogP contribution < -0.4 is 5.73 Å². The summed E-state index contributed by atoms with van der Waals surface area (Å²) in [5, 5.41) is 0. The van der Waals surface area contributed by atoms with Gasteiger partial charge in [0.2, 0.25) is 0 Å². The Labute approximate surface area is 101 Å². The molecule has 0 aliphatic carbocycles. The van der Waals surface area contributed by atoms with E-state index in [9.17, 15) is 4.79 Å². The molecule has 0 amide bonds. The Hall–Kier alpha value is -1.03. The van der Waals surface area contributed by atoms with Crippen LogP contribution in [0.4, 0.5) is 5.82 Å². The molecule has 0 aliphatic rings. The second kappa shape index (κ2) is 5.89. The number of rotatable bonds is 5. The number of nitrogens with two attached hydrogens (primary N) is 1. The van der Waals surface area contributed by atoms with Gasteiger partial charge in [0.25, 0.3) is 0 Å². The molecule has 0 bridgehead atoms. The lowest BCUT2D eigenvalue weighted by Crippen LogP contribution is -2.09. The molecule has 0 aromatic carbocycles. The summed E-state index contributed by atoms with van der Waals surface area (Å²) < 4.78 is 0. The van der Waals surface area contributed by atoms with Gasteiger partial charge in [0.15, 0.2) is 5.78 Å². The van der Waals surface area contributed by atoms with E-state index in [4.69, 9.17) is 5.73 Å². The third-order valence-electron chi connectivity index (χ3n) is 2.04. The maximum absolute atomic E-state index is 11.9. The zero-order valence-corrected chi connectivity index (χ0v) is 10.8. The van der Waals surface area contributed by atoms with E-state index >= 15 is 0 Å². The van der Waals surface area contributed by atoms with Gasteiger partial charge >= 0.3 is 0 Å². The Morgan fingerprint density at radius 2 is 2.25 bits per heavy atom. The van der Waals surface area contributed by atoms with Crippen molar-refractivity contribution in [3.05, 3.63) is 23.4 Å². The van der Waals surface area contributed by atoms with Gasteiger partial charge in [-0.25, -0.2) is 4.98 Å². The highest BCUT2D eigenvalue weighted by Gasteiger charge is 2.11. The minimum Gasteiger partial charge on any atom is -0.383 e. The fourth-order valence-electron chi connectivity index (χ4n) is 1.27. The molecule has 88 valence electrons. The molecule has 0 spiro atoms. The van der Waals surface area contributed by atoms with Crippen molar-refractivity contribution in [3.8, 4) is 0 Å². The van der Waals surface area contributed by atoms with Crippen LogP contribution >= 0.6 is 11.8 Å². The molecular weight excluding hydrogens is 220 g/mol. The Bertz CT molecular complexity index is 377. The van der Waals surface area contributed by atoms with Crippen molar-refractivity contribution in [2.24, 2.45) is 5.92 Å². The Balaban J connectivity index is 2.62. The van der Waals surface area contributed by atoms with Gasteiger partial charge in [-0.15, -0.1) is 0 Å². The average Bonchev–Trinajstić information content (AvgIpc) is 2.21. The van der Waals surface area contributed by atoms with Crippen LogP contribution in [0.2, 0.25) is 0 Å². The van der Waals surface area contributed by atoms with E-state index in [0.717, 1.165) is 11.3 Å². The number of carbonyl (C=O) groups excluding carboxylic acids is 1. The number of hydrogen-bond donors (Lipinski definition) is 1. The number of anilines is 1. The van der Waals surface area contributed by atoms with Crippen LogP contribution in [0.15, 0.2) is 12.3 Å². The van der Waals surface area contributed by atoms with Crippen LogP contribution in [0.25, 0.3) is 0 Å². The van der Waals surface area contributed by atoms with E-state index in [0.29, 0.717) is 23.1 Å².